The van der Waals surface area contributed by atoms with Crippen LogP contribution in [0.3, 0.4) is 0 Å². The lowest BCUT2D eigenvalue weighted by molar-refractivity contribution is 0.0772. The highest BCUT2D eigenvalue weighted by atomic mass is 19.1. The standard InChI is InChI=1S/C23H25FN4O2/c1-14-12-17-18(27-23(3)8-9-23)25-19(26-20(17)30-14)21(29)28-11-10-22(2,13-28)15-4-6-16(24)7-5-15/h4-7,12H,8-11,13H2,1-3H3,(H,25,26,27). The zero-order valence-electron chi connectivity index (χ0n) is 17.5. The van der Waals surface area contributed by atoms with Crippen molar-refractivity contribution in [2.75, 3.05) is 18.4 Å². The van der Waals surface area contributed by atoms with E-state index in [1.165, 1.54) is 12.1 Å². The molecule has 1 amide bonds. The number of carbonyl (C=O) groups is 1. The summed E-state index contributed by atoms with van der Waals surface area (Å²) in [7, 11) is 0. The predicted octanol–water partition coefficient (Wildman–Crippen LogP) is 4.44. The number of nitrogens with zero attached hydrogens (tertiary/aromatic N) is 3. The van der Waals surface area contributed by atoms with E-state index in [2.05, 4.69) is 29.1 Å². The van der Waals surface area contributed by atoms with Gasteiger partial charge in [0.05, 0.1) is 5.39 Å². The maximum Gasteiger partial charge on any atom is 0.291 e. The minimum atomic E-state index is -0.256. The highest BCUT2D eigenvalue weighted by Gasteiger charge is 2.40. The first kappa shape index (κ1) is 19.0. The van der Waals surface area contributed by atoms with Crippen molar-refractivity contribution in [2.24, 2.45) is 0 Å². The van der Waals surface area contributed by atoms with Crippen molar-refractivity contribution < 1.29 is 13.6 Å². The highest BCUT2D eigenvalue weighted by molar-refractivity contribution is 5.95. The summed E-state index contributed by atoms with van der Waals surface area (Å²) in [5.74, 6) is 1.07. The molecule has 1 saturated heterocycles. The second-order valence-electron chi connectivity index (χ2n) is 9.20. The molecule has 1 N–H and O–H groups in total. The van der Waals surface area contributed by atoms with Crippen LogP contribution in [0.1, 0.15) is 55.1 Å². The van der Waals surface area contributed by atoms with Crippen molar-refractivity contribution in [3.8, 4) is 0 Å². The number of benzene rings is 1. The number of halogens is 1. The molecule has 1 unspecified atom stereocenters. The molecule has 0 spiro atoms. The lowest BCUT2D eigenvalue weighted by Gasteiger charge is -2.25. The molecule has 2 aromatic heterocycles. The van der Waals surface area contributed by atoms with E-state index in [1.54, 1.807) is 17.0 Å². The van der Waals surface area contributed by atoms with E-state index in [0.29, 0.717) is 24.6 Å². The van der Waals surface area contributed by atoms with Crippen LogP contribution in [0.25, 0.3) is 11.1 Å². The number of likely N-dealkylation sites (tertiary alicyclic amines) is 1. The maximum atomic E-state index is 13.3. The number of rotatable bonds is 4. The molecular weight excluding hydrogens is 383 g/mol. The van der Waals surface area contributed by atoms with Crippen LogP contribution in [-0.2, 0) is 5.41 Å². The molecular formula is C23H25FN4O2. The van der Waals surface area contributed by atoms with Gasteiger partial charge in [-0.1, -0.05) is 19.1 Å². The molecule has 3 aromatic rings. The fourth-order valence-corrected chi connectivity index (χ4v) is 4.19. The van der Waals surface area contributed by atoms with Crippen LogP contribution < -0.4 is 5.32 Å². The van der Waals surface area contributed by atoms with Gasteiger partial charge >= 0.3 is 0 Å². The molecule has 1 atom stereocenters. The number of hydrogen-bond acceptors (Lipinski definition) is 5. The smallest absolute Gasteiger partial charge is 0.291 e. The number of furan rings is 1. The van der Waals surface area contributed by atoms with Gasteiger partial charge in [-0.15, -0.1) is 0 Å². The normalized spacial score (nSPS) is 22.5. The zero-order chi connectivity index (χ0) is 21.1. The number of hydrogen-bond donors (Lipinski definition) is 1. The van der Waals surface area contributed by atoms with Gasteiger partial charge in [-0.3, -0.25) is 4.79 Å². The van der Waals surface area contributed by atoms with Crippen molar-refractivity contribution in [2.45, 2.75) is 51.0 Å². The SMILES string of the molecule is Cc1cc2c(NC3(C)CC3)nc(C(=O)N3CCC(C)(c4ccc(F)cc4)C3)nc2o1. The topological polar surface area (TPSA) is 71.3 Å². The molecule has 0 bridgehead atoms. The summed E-state index contributed by atoms with van der Waals surface area (Å²) >= 11 is 0. The number of nitrogens with one attached hydrogen (secondary N) is 1. The molecule has 1 saturated carbocycles. The van der Waals surface area contributed by atoms with Crippen LogP contribution >= 0.6 is 0 Å². The van der Waals surface area contributed by atoms with Crippen LogP contribution in [0.4, 0.5) is 10.2 Å². The Morgan fingerprint density at radius 3 is 2.60 bits per heavy atom. The van der Waals surface area contributed by atoms with E-state index in [1.807, 2.05) is 13.0 Å². The van der Waals surface area contributed by atoms with Gasteiger partial charge in [0.25, 0.3) is 5.91 Å². The van der Waals surface area contributed by atoms with Crippen LogP contribution in [0.5, 0.6) is 0 Å². The third-order valence-corrected chi connectivity index (χ3v) is 6.43. The van der Waals surface area contributed by atoms with Crippen LogP contribution in [0.2, 0.25) is 0 Å². The van der Waals surface area contributed by atoms with Gasteiger partial charge in [-0.25, -0.2) is 9.37 Å². The molecule has 156 valence electrons. The Balaban J connectivity index is 1.44. The molecule has 1 aromatic carbocycles. The van der Waals surface area contributed by atoms with E-state index >= 15 is 0 Å². The predicted molar refractivity (Wildman–Crippen MR) is 112 cm³/mol. The maximum absolute atomic E-state index is 13.3. The molecule has 7 heteroatoms. The average molecular weight is 408 g/mol. The highest BCUT2D eigenvalue weighted by Crippen LogP contribution is 2.40. The van der Waals surface area contributed by atoms with Crippen molar-refractivity contribution in [1.29, 1.82) is 0 Å². The van der Waals surface area contributed by atoms with Gasteiger partial charge in [0, 0.05) is 24.0 Å². The zero-order valence-corrected chi connectivity index (χ0v) is 17.5. The second kappa shape index (κ2) is 6.52. The number of aryl methyl sites for hydroxylation is 1. The van der Waals surface area contributed by atoms with Crippen molar-refractivity contribution >= 4 is 22.8 Å². The Bertz CT molecular complexity index is 1140. The Morgan fingerprint density at radius 2 is 1.90 bits per heavy atom. The Morgan fingerprint density at radius 1 is 1.17 bits per heavy atom. The van der Waals surface area contributed by atoms with Crippen molar-refractivity contribution in [1.82, 2.24) is 14.9 Å². The number of aromatic nitrogens is 2. The molecule has 5 rings (SSSR count). The molecule has 30 heavy (non-hydrogen) atoms. The van der Waals surface area contributed by atoms with Crippen LogP contribution in [0.15, 0.2) is 34.7 Å². The summed E-state index contributed by atoms with van der Waals surface area (Å²) in [6, 6.07) is 8.44. The number of anilines is 1. The fourth-order valence-electron chi connectivity index (χ4n) is 4.19. The summed E-state index contributed by atoms with van der Waals surface area (Å²) < 4.78 is 19.0. The Labute approximate surface area is 174 Å². The number of amides is 1. The third-order valence-electron chi connectivity index (χ3n) is 6.43. The van der Waals surface area contributed by atoms with Crippen LogP contribution in [-0.4, -0.2) is 39.4 Å². The third kappa shape index (κ3) is 3.32. The van der Waals surface area contributed by atoms with Crippen molar-refractivity contribution in [3.63, 3.8) is 0 Å². The fraction of sp³-hybridized carbons (Fsp3) is 0.435. The summed E-state index contributed by atoms with van der Waals surface area (Å²) in [5, 5.41) is 4.27. The average Bonchev–Trinajstić information content (AvgIpc) is 3.10. The summed E-state index contributed by atoms with van der Waals surface area (Å²) in [6.07, 6.45) is 2.94. The summed E-state index contributed by atoms with van der Waals surface area (Å²) in [5.41, 5.74) is 1.25. The number of carbonyl (C=O) groups excluding carboxylic acids is 1. The largest absolute Gasteiger partial charge is 0.443 e. The van der Waals surface area contributed by atoms with E-state index in [0.717, 1.165) is 36.0 Å². The summed E-state index contributed by atoms with van der Waals surface area (Å²) in [4.78, 5) is 24.1. The van der Waals surface area contributed by atoms with Gasteiger partial charge < -0.3 is 14.6 Å². The van der Waals surface area contributed by atoms with E-state index in [4.69, 9.17) is 4.42 Å². The molecule has 3 heterocycles. The number of fused-ring (bicyclic) bond motifs is 1. The van der Waals surface area contributed by atoms with Gasteiger partial charge in [-0.05, 0) is 56.9 Å². The quantitative estimate of drug-likeness (QED) is 0.691. The monoisotopic (exact) mass is 408 g/mol. The summed E-state index contributed by atoms with van der Waals surface area (Å²) in [6.45, 7) is 7.25. The lowest BCUT2D eigenvalue weighted by Crippen LogP contribution is -2.34. The van der Waals surface area contributed by atoms with Gasteiger partial charge in [0.2, 0.25) is 11.5 Å². The lowest BCUT2D eigenvalue weighted by atomic mass is 9.82. The molecule has 2 fully saturated rings. The van der Waals surface area contributed by atoms with E-state index in [9.17, 15) is 9.18 Å². The molecule has 0 radical (unpaired) electrons. The first-order valence-corrected chi connectivity index (χ1v) is 10.4. The first-order chi connectivity index (χ1) is 14.2. The van der Waals surface area contributed by atoms with E-state index in [-0.39, 0.29) is 28.5 Å². The van der Waals surface area contributed by atoms with Crippen LogP contribution in [0, 0.1) is 12.7 Å². The van der Waals surface area contributed by atoms with Gasteiger partial charge in [-0.2, -0.15) is 4.98 Å². The minimum Gasteiger partial charge on any atom is -0.443 e. The Kier molecular flexibility index (Phi) is 4.14. The van der Waals surface area contributed by atoms with E-state index < -0.39 is 0 Å². The van der Waals surface area contributed by atoms with Crippen molar-refractivity contribution in [3.05, 3.63) is 53.3 Å². The first-order valence-electron chi connectivity index (χ1n) is 10.4. The molecule has 1 aliphatic carbocycles. The van der Waals surface area contributed by atoms with Gasteiger partial charge in [0.1, 0.15) is 17.4 Å². The molecule has 6 nitrogen and oxygen atoms in total. The molecule has 2 aliphatic rings. The second-order valence-corrected chi connectivity index (χ2v) is 9.20. The van der Waals surface area contributed by atoms with Gasteiger partial charge in [0.15, 0.2) is 0 Å². The minimum absolute atomic E-state index is 0.0155. The molecule has 1 aliphatic heterocycles. The Hall–Kier alpha value is -2.96.